The zero-order chi connectivity index (χ0) is 33.4. The number of hydrogen-bond acceptors (Lipinski definition) is 9. The second-order valence-electron chi connectivity index (χ2n) is 9.65. The van der Waals surface area contributed by atoms with Gasteiger partial charge in [-0.05, 0) is 41.7 Å². The zero-order valence-electron chi connectivity index (χ0n) is 27.0. The molecule has 0 radical (unpaired) electrons. The first kappa shape index (κ1) is 25.5. The molecular formula is C31H34FNO9. The Morgan fingerprint density at radius 2 is 1.48 bits per heavy atom. The van der Waals surface area contributed by atoms with Gasteiger partial charge in [0.1, 0.15) is 18.5 Å². The van der Waals surface area contributed by atoms with E-state index in [0.717, 1.165) is 17.5 Å². The quantitative estimate of drug-likeness (QED) is 0.268. The normalized spacial score (nSPS) is 23.1. The van der Waals surface area contributed by atoms with Crippen molar-refractivity contribution in [1.82, 2.24) is 4.57 Å². The third-order valence-corrected chi connectivity index (χ3v) is 6.81. The second kappa shape index (κ2) is 13.2. The fraction of sp³-hybridized carbons (Fsp3) is 0.419. The van der Waals surface area contributed by atoms with E-state index in [2.05, 4.69) is 0 Å². The minimum atomic E-state index is -1.67. The summed E-state index contributed by atoms with van der Waals surface area (Å²) in [5.74, 6) is -4.73. The van der Waals surface area contributed by atoms with Crippen LogP contribution in [-0.4, -0.2) is 59.5 Å². The Morgan fingerprint density at radius 1 is 0.857 bits per heavy atom. The minimum Gasteiger partial charge on any atom is -0.463 e. The number of benzene rings is 2. The molecule has 0 spiro atoms. The molecule has 1 aliphatic rings. The molecule has 0 N–H and O–H groups in total. The molecule has 1 aromatic heterocycles. The molecule has 3 aromatic rings. The van der Waals surface area contributed by atoms with E-state index < -0.39 is 94.5 Å². The summed E-state index contributed by atoms with van der Waals surface area (Å²) in [5, 5.41) is 0.232. The van der Waals surface area contributed by atoms with Crippen LogP contribution in [0.3, 0.4) is 0 Å². The van der Waals surface area contributed by atoms with Crippen LogP contribution >= 0.6 is 0 Å². The summed E-state index contributed by atoms with van der Waals surface area (Å²) in [6.07, 6.45) is -5.00. The van der Waals surface area contributed by atoms with E-state index in [9.17, 15) is 19.2 Å². The number of nitrogens with zero attached hydrogens (tertiary/aromatic N) is 1. The van der Waals surface area contributed by atoms with Crippen molar-refractivity contribution in [2.24, 2.45) is 0 Å². The second-order valence-corrected chi connectivity index (χ2v) is 9.65. The number of aromatic nitrogens is 1. The number of ether oxygens (including phenoxy) is 5. The van der Waals surface area contributed by atoms with E-state index in [-0.39, 0.29) is 5.39 Å². The van der Waals surface area contributed by atoms with Crippen LogP contribution in [0.15, 0.2) is 48.7 Å². The van der Waals surface area contributed by atoms with Gasteiger partial charge < -0.3 is 28.3 Å². The fourth-order valence-corrected chi connectivity index (χ4v) is 5.09. The fourth-order valence-electron chi connectivity index (χ4n) is 5.09. The summed E-state index contributed by atoms with van der Waals surface area (Å²) in [6, 6.07) is 12.1. The summed E-state index contributed by atoms with van der Waals surface area (Å²) < 4.78 is 74.4. The summed E-state index contributed by atoms with van der Waals surface area (Å²) in [4.78, 5) is 49.3. The number of esters is 4. The maximum absolute atomic E-state index is 15.5. The van der Waals surface area contributed by atoms with E-state index in [0.29, 0.717) is 17.5 Å². The van der Waals surface area contributed by atoms with Gasteiger partial charge in [-0.15, -0.1) is 0 Å². The summed E-state index contributed by atoms with van der Waals surface area (Å²) in [6.45, 7) is -1.87. The molecule has 10 nitrogen and oxygen atoms in total. The third kappa shape index (κ3) is 6.96. The standard InChI is InChI=1S/C31H34FNO9/c1-6-21-10-12-22(13-11-21)14-23-15-33(25-9-7-8-24(32)27(23)25)31-30(41-20(5)37)29(40-19(4)36)28(39-18(3)35)26(42-31)16-38-17(2)34/h7-13,15,26,28-31H,6,14,16H2,1-5H3/t26-,28-,29+,30-,31?/m1/s1/i2D,3D,4D,5D. The molecule has 42 heavy (non-hydrogen) atoms. The summed E-state index contributed by atoms with van der Waals surface area (Å²) in [7, 11) is 0. The lowest BCUT2D eigenvalue weighted by Gasteiger charge is -2.44. The van der Waals surface area contributed by atoms with Crippen LogP contribution in [0.2, 0.25) is 0 Å². The van der Waals surface area contributed by atoms with Gasteiger partial charge in [-0.2, -0.15) is 0 Å². The van der Waals surface area contributed by atoms with Crippen LogP contribution in [0, 0.1) is 5.82 Å². The van der Waals surface area contributed by atoms with Crippen LogP contribution in [0.25, 0.3) is 10.9 Å². The van der Waals surface area contributed by atoms with Gasteiger partial charge in [-0.25, -0.2) is 4.39 Å². The SMILES string of the molecule is [2H]CC(=O)OC[C@H]1OC(n2cc(Cc3ccc(CC)cc3)c3c(F)cccc32)[C@H](OC(=O)C[2H])[C@@H](OC(=O)C[2H])[C@@H]1OC(=O)C[2H]. The van der Waals surface area contributed by atoms with Gasteiger partial charge in [0.15, 0.2) is 24.5 Å². The molecule has 11 heteroatoms. The Labute approximate surface area is 248 Å². The molecular weight excluding hydrogens is 549 g/mol. The van der Waals surface area contributed by atoms with Gasteiger partial charge >= 0.3 is 23.9 Å². The van der Waals surface area contributed by atoms with Crippen molar-refractivity contribution in [3.8, 4) is 0 Å². The van der Waals surface area contributed by atoms with E-state index >= 15 is 4.39 Å². The number of fused-ring (bicyclic) bond motifs is 1. The molecule has 1 aliphatic heterocycles. The average Bonchev–Trinajstić information content (AvgIpc) is 3.44. The molecule has 0 saturated carbocycles. The van der Waals surface area contributed by atoms with Gasteiger partial charge in [-0.3, -0.25) is 19.2 Å². The predicted molar refractivity (Wildman–Crippen MR) is 148 cm³/mol. The van der Waals surface area contributed by atoms with Gasteiger partial charge in [0, 0.05) is 44.7 Å². The highest BCUT2D eigenvalue weighted by Gasteiger charge is 2.53. The number of carbonyl (C=O) groups excluding carboxylic acids is 4. The molecule has 1 fully saturated rings. The van der Waals surface area contributed by atoms with E-state index in [1.807, 2.05) is 31.2 Å². The van der Waals surface area contributed by atoms with Crippen LogP contribution in [0.5, 0.6) is 0 Å². The number of rotatable bonds is 9. The Hall–Kier alpha value is -4.25. The molecule has 2 heterocycles. The first-order chi connectivity index (χ1) is 22.1. The van der Waals surface area contributed by atoms with E-state index in [4.69, 9.17) is 29.2 Å². The van der Waals surface area contributed by atoms with Gasteiger partial charge in [0.05, 0.1) is 5.52 Å². The number of aryl methyl sites for hydroxylation is 1. The van der Waals surface area contributed by atoms with E-state index in [1.165, 1.54) is 16.7 Å². The van der Waals surface area contributed by atoms with Crippen molar-refractivity contribution in [3.63, 3.8) is 0 Å². The van der Waals surface area contributed by atoms with Crippen molar-refractivity contribution in [2.75, 3.05) is 6.61 Å². The number of carbonyl (C=O) groups is 4. The monoisotopic (exact) mass is 587 g/mol. The average molecular weight is 588 g/mol. The maximum Gasteiger partial charge on any atom is 0.303 e. The smallest absolute Gasteiger partial charge is 0.303 e. The Kier molecular flexibility index (Phi) is 7.97. The van der Waals surface area contributed by atoms with Gasteiger partial charge in [-0.1, -0.05) is 37.3 Å². The molecule has 4 rings (SSSR count). The lowest BCUT2D eigenvalue weighted by molar-refractivity contribution is -0.267. The van der Waals surface area contributed by atoms with Crippen molar-refractivity contribution in [2.45, 2.75) is 78.0 Å². The topological polar surface area (TPSA) is 119 Å². The molecule has 1 saturated heterocycles. The van der Waals surface area contributed by atoms with Crippen molar-refractivity contribution < 1.29 is 52.7 Å². The zero-order valence-corrected chi connectivity index (χ0v) is 23.0. The van der Waals surface area contributed by atoms with Gasteiger partial charge in [0.25, 0.3) is 0 Å². The lowest BCUT2D eigenvalue weighted by Crippen LogP contribution is -2.60. The molecule has 0 amide bonds. The van der Waals surface area contributed by atoms with Crippen LogP contribution < -0.4 is 0 Å². The van der Waals surface area contributed by atoms with Crippen LogP contribution in [0.1, 0.15) is 62.9 Å². The first-order valence-electron chi connectivity index (χ1n) is 15.9. The molecule has 5 atom stereocenters. The molecule has 2 aromatic carbocycles. The minimum absolute atomic E-state index is 0.232. The highest BCUT2D eigenvalue weighted by Crippen LogP contribution is 2.38. The predicted octanol–water partition coefficient (Wildman–Crippen LogP) is 4.19. The largest absolute Gasteiger partial charge is 0.463 e. The molecule has 224 valence electrons. The highest BCUT2D eigenvalue weighted by atomic mass is 19.1. The lowest BCUT2D eigenvalue weighted by atomic mass is 9.97. The van der Waals surface area contributed by atoms with Crippen molar-refractivity contribution in [1.29, 1.82) is 0 Å². The molecule has 0 aliphatic carbocycles. The first-order valence-corrected chi connectivity index (χ1v) is 13.1. The summed E-state index contributed by atoms with van der Waals surface area (Å²) >= 11 is 0. The summed E-state index contributed by atoms with van der Waals surface area (Å²) in [5.41, 5.74) is 2.83. The maximum atomic E-state index is 15.5. The number of hydrogen-bond donors (Lipinski definition) is 0. The van der Waals surface area contributed by atoms with Crippen LogP contribution in [-0.2, 0) is 55.7 Å². The molecule has 1 unspecified atom stereocenters. The third-order valence-electron chi connectivity index (χ3n) is 6.81. The number of halogens is 1. The van der Waals surface area contributed by atoms with E-state index in [1.54, 1.807) is 12.3 Å². The highest BCUT2D eigenvalue weighted by molar-refractivity contribution is 5.85. The Bertz CT molecular complexity index is 1550. The molecule has 0 bridgehead atoms. The van der Waals surface area contributed by atoms with Crippen molar-refractivity contribution >= 4 is 34.8 Å². The van der Waals surface area contributed by atoms with Crippen LogP contribution in [0.4, 0.5) is 4.39 Å². The van der Waals surface area contributed by atoms with Gasteiger partial charge in [0.2, 0.25) is 0 Å². The Balaban J connectivity index is 1.88. The Morgan fingerprint density at radius 3 is 2.12 bits per heavy atom. The van der Waals surface area contributed by atoms with Crippen molar-refractivity contribution in [3.05, 3.63) is 71.2 Å².